The number of carbonyl (C=O) groups excluding carboxylic acids is 2. The molecular weight excluding hydrogens is 353 g/mol. The van der Waals surface area contributed by atoms with Crippen LogP contribution in [0.15, 0.2) is 42.5 Å². The van der Waals surface area contributed by atoms with Gasteiger partial charge in [0.1, 0.15) is 5.75 Å². The number of benzene rings is 2. The van der Waals surface area contributed by atoms with Gasteiger partial charge in [-0.15, -0.1) is 0 Å². The average Bonchev–Trinajstić information content (AvgIpc) is 2.54. The lowest BCUT2D eigenvalue weighted by atomic mass is 10.2. The molecule has 0 spiro atoms. The second-order valence-corrected chi connectivity index (χ2v) is 5.79. The van der Waals surface area contributed by atoms with E-state index in [1.807, 2.05) is 6.92 Å². The standard InChI is InChI=1S/C17H15Cl2NO4/c1-11-8-13(19)4-7-15(11)23-10-17(22)24-9-16(21)20-14-5-2-12(18)3-6-14/h2-8H,9-10H2,1H3,(H,20,21). The molecule has 5 nitrogen and oxygen atoms in total. The zero-order valence-corrected chi connectivity index (χ0v) is 14.4. The van der Waals surface area contributed by atoms with Crippen molar-refractivity contribution < 1.29 is 19.1 Å². The molecule has 0 aromatic heterocycles. The molecule has 0 unspecified atom stereocenters. The highest BCUT2D eigenvalue weighted by molar-refractivity contribution is 6.31. The molecule has 0 aliphatic carbocycles. The third kappa shape index (κ3) is 5.76. The number of carbonyl (C=O) groups is 2. The Kier molecular flexibility index (Phi) is 6.46. The van der Waals surface area contributed by atoms with Gasteiger partial charge in [-0.2, -0.15) is 0 Å². The first-order chi connectivity index (χ1) is 11.4. The van der Waals surface area contributed by atoms with Crippen molar-refractivity contribution in [3.63, 3.8) is 0 Å². The van der Waals surface area contributed by atoms with E-state index in [0.717, 1.165) is 5.56 Å². The Morgan fingerprint density at radius 2 is 1.67 bits per heavy atom. The van der Waals surface area contributed by atoms with Crippen LogP contribution in [0.3, 0.4) is 0 Å². The first-order valence-corrected chi connectivity index (χ1v) is 7.79. The summed E-state index contributed by atoms with van der Waals surface area (Å²) in [5, 5.41) is 3.73. The number of anilines is 1. The lowest BCUT2D eigenvalue weighted by molar-refractivity contribution is -0.149. The van der Waals surface area contributed by atoms with Crippen LogP contribution in [0.5, 0.6) is 5.75 Å². The highest BCUT2D eigenvalue weighted by Gasteiger charge is 2.10. The maximum absolute atomic E-state index is 11.7. The molecule has 1 amide bonds. The molecule has 0 bridgehead atoms. The molecule has 1 N–H and O–H groups in total. The highest BCUT2D eigenvalue weighted by Crippen LogP contribution is 2.21. The van der Waals surface area contributed by atoms with E-state index in [1.54, 1.807) is 42.5 Å². The van der Waals surface area contributed by atoms with Crippen LogP contribution in [-0.4, -0.2) is 25.1 Å². The van der Waals surface area contributed by atoms with Gasteiger partial charge in [0.15, 0.2) is 13.2 Å². The second-order valence-electron chi connectivity index (χ2n) is 4.91. The van der Waals surface area contributed by atoms with Crippen molar-refractivity contribution >= 4 is 40.8 Å². The van der Waals surface area contributed by atoms with Gasteiger partial charge < -0.3 is 14.8 Å². The fourth-order valence-electron chi connectivity index (χ4n) is 1.83. The topological polar surface area (TPSA) is 64.6 Å². The van der Waals surface area contributed by atoms with Crippen molar-refractivity contribution in [1.82, 2.24) is 0 Å². The summed E-state index contributed by atoms with van der Waals surface area (Å²) in [5.74, 6) is -0.564. The molecule has 0 saturated heterocycles. The first kappa shape index (κ1) is 18.1. The molecule has 0 fully saturated rings. The zero-order valence-electron chi connectivity index (χ0n) is 12.8. The normalized spacial score (nSPS) is 10.1. The minimum absolute atomic E-state index is 0.295. The van der Waals surface area contributed by atoms with Gasteiger partial charge in [-0.05, 0) is 55.0 Å². The SMILES string of the molecule is Cc1cc(Cl)ccc1OCC(=O)OCC(=O)Nc1ccc(Cl)cc1. The van der Waals surface area contributed by atoms with Crippen molar-refractivity contribution in [3.05, 3.63) is 58.1 Å². The molecule has 0 radical (unpaired) electrons. The van der Waals surface area contributed by atoms with Gasteiger partial charge in [0, 0.05) is 15.7 Å². The molecule has 0 aliphatic rings. The third-order valence-electron chi connectivity index (χ3n) is 2.97. The number of nitrogens with one attached hydrogen (secondary N) is 1. The van der Waals surface area contributed by atoms with Crippen LogP contribution in [0.1, 0.15) is 5.56 Å². The smallest absolute Gasteiger partial charge is 0.344 e. The summed E-state index contributed by atoms with van der Waals surface area (Å²) in [6.07, 6.45) is 0. The number of esters is 1. The van der Waals surface area contributed by atoms with Crippen molar-refractivity contribution in [2.45, 2.75) is 6.92 Å². The highest BCUT2D eigenvalue weighted by atomic mass is 35.5. The summed E-state index contributed by atoms with van der Waals surface area (Å²) in [5.41, 5.74) is 1.37. The maximum atomic E-state index is 11.7. The fraction of sp³-hybridized carbons (Fsp3) is 0.176. The Hall–Kier alpha value is -2.24. The minimum atomic E-state index is -0.643. The second kappa shape index (κ2) is 8.57. The number of hydrogen-bond acceptors (Lipinski definition) is 4. The van der Waals surface area contributed by atoms with Crippen molar-refractivity contribution in [2.75, 3.05) is 18.5 Å². The van der Waals surface area contributed by atoms with Crippen LogP contribution >= 0.6 is 23.2 Å². The number of rotatable bonds is 6. The molecule has 7 heteroatoms. The van der Waals surface area contributed by atoms with Gasteiger partial charge in [-0.1, -0.05) is 23.2 Å². The van der Waals surface area contributed by atoms with Crippen LogP contribution in [0.2, 0.25) is 10.0 Å². The number of hydrogen-bond donors (Lipinski definition) is 1. The van der Waals surface area contributed by atoms with E-state index in [2.05, 4.69) is 5.32 Å². The first-order valence-electron chi connectivity index (χ1n) is 7.04. The third-order valence-corrected chi connectivity index (χ3v) is 3.46. The van der Waals surface area contributed by atoms with Gasteiger partial charge in [0.05, 0.1) is 0 Å². The van der Waals surface area contributed by atoms with E-state index < -0.39 is 18.5 Å². The average molecular weight is 368 g/mol. The summed E-state index contributed by atoms with van der Waals surface area (Å²) in [4.78, 5) is 23.3. The fourth-order valence-corrected chi connectivity index (χ4v) is 2.18. The van der Waals surface area contributed by atoms with E-state index in [1.165, 1.54) is 0 Å². The predicted molar refractivity (Wildman–Crippen MR) is 92.7 cm³/mol. The molecule has 2 rings (SSSR count). The lowest BCUT2D eigenvalue weighted by Crippen LogP contribution is -2.23. The maximum Gasteiger partial charge on any atom is 0.344 e. The van der Waals surface area contributed by atoms with Crippen LogP contribution in [0.25, 0.3) is 0 Å². The quantitative estimate of drug-likeness (QED) is 0.787. The Bertz CT molecular complexity index is 732. The molecule has 0 aliphatic heterocycles. The van der Waals surface area contributed by atoms with Gasteiger partial charge >= 0.3 is 5.97 Å². The molecule has 0 atom stereocenters. The number of aryl methyl sites for hydroxylation is 1. The molecule has 24 heavy (non-hydrogen) atoms. The lowest BCUT2D eigenvalue weighted by Gasteiger charge is -2.09. The van der Waals surface area contributed by atoms with Gasteiger partial charge in [0.2, 0.25) is 0 Å². The zero-order chi connectivity index (χ0) is 17.5. The van der Waals surface area contributed by atoms with Crippen molar-refractivity contribution in [1.29, 1.82) is 0 Å². The van der Waals surface area contributed by atoms with Crippen LogP contribution in [-0.2, 0) is 14.3 Å². The van der Waals surface area contributed by atoms with Crippen LogP contribution < -0.4 is 10.1 Å². The monoisotopic (exact) mass is 367 g/mol. The number of ether oxygens (including phenoxy) is 2. The molecular formula is C17H15Cl2NO4. The molecule has 2 aromatic rings. The molecule has 0 heterocycles. The number of halogens is 2. The minimum Gasteiger partial charge on any atom is -0.482 e. The summed E-state index contributed by atoms with van der Waals surface area (Å²) < 4.78 is 10.2. The largest absolute Gasteiger partial charge is 0.482 e. The van der Waals surface area contributed by atoms with Crippen molar-refractivity contribution in [3.8, 4) is 5.75 Å². The Balaban J connectivity index is 1.74. The van der Waals surface area contributed by atoms with E-state index in [0.29, 0.717) is 21.5 Å². The number of amides is 1. The molecule has 126 valence electrons. The molecule has 2 aromatic carbocycles. The van der Waals surface area contributed by atoms with E-state index >= 15 is 0 Å². The molecule has 0 saturated carbocycles. The van der Waals surface area contributed by atoms with Gasteiger partial charge in [-0.25, -0.2) is 4.79 Å². The Labute approximate surface area is 149 Å². The van der Waals surface area contributed by atoms with E-state index in [9.17, 15) is 9.59 Å². The summed E-state index contributed by atoms with van der Waals surface area (Å²) in [6, 6.07) is 11.6. The Morgan fingerprint density at radius 3 is 2.33 bits per heavy atom. The van der Waals surface area contributed by atoms with E-state index in [-0.39, 0.29) is 6.61 Å². The van der Waals surface area contributed by atoms with Crippen molar-refractivity contribution in [2.24, 2.45) is 0 Å². The van der Waals surface area contributed by atoms with E-state index in [4.69, 9.17) is 32.7 Å². The predicted octanol–water partition coefficient (Wildman–Crippen LogP) is 3.86. The Morgan fingerprint density at radius 1 is 1.00 bits per heavy atom. The van der Waals surface area contributed by atoms with Gasteiger partial charge in [-0.3, -0.25) is 4.79 Å². The van der Waals surface area contributed by atoms with Crippen LogP contribution in [0, 0.1) is 6.92 Å². The summed E-state index contributed by atoms with van der Waals surface area (Å²) in [6.45, 7) is 1.12. The van der Waals surface area contributed by atoms with Crippen LogP contribution in [0.4, 0.5) is 5.69 Å². The van der Waals surface area contributed by atoms with Gasteiger partial charge in [0.25, 0.3) is 5.91 Å². The summed E-state index contributed by atoms with van der Waals surface area (Å²) in [7, 11) is 0. The summed E-state index contributed by atoms with van der Waals surface area (Å²) >= 11 is 11.6.